The molecular formula is C41H25N7. The molecule has 0 N–H and O–H groups in total. The van der Waals surface area contributed by atoms with Gasteiger partial charge in [0, 0.05) is 33.8 Å². The van der Waals surface area contributed by atoms with Crippen molar-refractivity contribution in [3.8, 4) is 56.9 Å². The molecule has 9 aromatic rings. The van der Waals surface area contributed by atoms with Gasteiger partial charge in [0.05, 0.1) is 5.52 Å². The molecule has 7 heteroatoms. The molecule has 48 heavy (non-hydrogen) atoms. The molecule has 0 radical (unpaired) electrons. The zero-order chi connectivity index (χ0) is 31.9. The van der Waals surface area contributed by atoms with Gasteiger partial charge in [0.1, 0.15) is 6.33 Å². The van der Waals surface area contributed by atoms with Crippen LogP contribution in [0, 0.1) is 0 Å². The van der Waals surface area contributed by atoms with Crippen molar-refractivity contribution in [3.63, 3.8) is 0 Å². The van der Waals surface area contributed by atoms with E-state index in [1.807, 2.05) is 60.8 Å². The highest BCUT2D eigenvalue weighted by Crippen LogP contribution is 2.31. The molecule has 6 aromatic carbocycles. The summed E-state index contributed by atoms with van der Waals surface area (Å²) < 4.78 is 0. The van der Waals surface area contributed by atoms with E-state index in [-0.39, 0.29) is 0 Å². The third kappa shape index (κ3) is 5.09. The first-order valence-corrected chi connectivity index (χ1v) is 15.6. The highest BCUT2D eigenvalue weighted by atomic mass is 15.1. The lowest BCUT2D eigenvalue weighted by Crippen LogP contribution is -2.04. The van der Waals surface area contributed by atoms with Gasteiger partial charge in [-0.25, -0.2) is 29.9 Å². The summed E-state index contributed by atoms with van der Waals surface area (Å²) in [6.45, 7) is 0. The van der Waals surface area contributed by atoms with Gasteiger partial charge in [0.15, 0.2) is 17.5 Å². The summed E-state index contributed by atoms with van der Waals surface area (Å²) in [5.41, 5.74) is 5.71. The summed E-state index contributed by atoms with van der Waals surface area (Å²) >= 11 is 0. The second-order valence-corrected chi connectivity index (χ2v) is 11.5. The molecule has 7 nitrogen and oxygen atoms in total. The van der Waals surface area contributed by atoms with Crippen molar-refractivity contribution >= 4 is 32.4 Å². The van der Waals surface area contributed by atoms with E-state index in [1.165, 1.54) is 6.33 Å². The minimum Gasteiger partial charge on any atom is -0.256 e. The van der Waals surface area contributed by atoms with Crippen molar-refractivity contribution in [1.82, 2.24) is 34.9 Å². The van der Waals surface area contributed by atoms with Gasteiger partial charge in [0.25, 0.3) is 0 Å². The fourth-order valence-corrected chi connectivity index (χ4v) is 6.07. The molecule has 3 heterocycles. The maximum atomic E-state index is 4.97. The van der Waals surface area contributed by atoms with Crippen LogP contribution in [0.4, 0.5) is 0 Å². The number of pyridine rings is 1. The molecule has 0 atom stereocenters. The summed E-state index contributed by atoms with van der Waals surface area (Å²) in [4.78, 5) is 33.3. The van der Waals surface area contributed by atoms with Crippen LogP contribution in [0.25, 0.3) is 89.4 Å². The summed E-state index contributed by atoms with van der Waals surface area (Å²) in [5, 5.41) is 5.61. The Hall–Kier alpha value is -6.73. The largest absolute Gasteiger partial charge is 0.256 e. The zero-order valence-corrected chi connectivity index (χ0v) is 25.6. The van der Waals surface area contributed by atoms with Crippen LogP contribution < -0.4 is 0 Å². The SMILES string of the molecule is c1ccc2cc(-c3ncnc(-c4nc(-c5ccc(-c6cccc7cccnc67)cc5)nc(-c5ccc6ccccc6c5)n4)n3)ccc2c1. The topological polar surface area (TPSA) is 90.2 Å². The Labute approximate surface area is 275 Å². The number of benzene rings is 6. The number of hydrogen-bond acceptors (Lipinski definition) is 7. The molecule has 0 saturated carbocycles. The van der Waals surface area contributed by atoms with Crippen molar-refractivity contribution in [3.05, 3.63) is 152 Å². The minimum absolute atomic E-state index is 0.370. The van der Waals surface area contributed by atoms with Gasteiger partial charge in [-0.05, 0) is 45.3 Å². The molecule has 0 aliphatic carbocycles. The van der Waals surface area contributed by atoms with E-state index in [9.17, 15) is 0 Å². The lowest BCUT2D eigenvalue weighted by Gasteiger charge is -2.10. The Bertz CT molecular complexity index is 2630. The van der Waals surface area contributed by atoms with Gasteiger partial charge in [-0.15, -0.1) is 0 Å². The summed E-state index contributed by atoms with van der Waals surface area (Å²) in [7, 11) is 0. The molecule has 0 aliphatic heterocycles. The van der Waals surface area contributed by atoms with Gasteiger partial charge in [0.2, 0.25) is 11.6 Å². The number of para-hydroxylation sites is 1. The van der Waals surface area contributed by atoms with E-state index in [1.54, 1.807) is 0 Å². The third-order valence-electron chi connectivity index (χ3n) is 8.51. The number of hydrogen-bond donors (Lipinski definition) is 0. The Morgan fingerprint density at radius 1 is 0.312 bits per heavy atom. The predicted octanol–water partition coefficient (Wildman–Crippen LogP) is 9.25. The molecule has 0 spiro atoms. The maximum absolute atomic E-state index is 4.97. The molecule has 0 saturated heterocycles. The Morgan fingerprint density at radius 2 is 0.833 bits per heavy atom. The van der Waals surface area contributed by atoms with Crippen LogP contribution in [0.3, 0.4) is 0 Å². The van der Waals surface area contributed by atoms with Gasteiger partial charge in [-0.2, -0.15) is 0 Å². The fourth-order valence-electron chi connectivity index (χ4n) is 6.07. The molecule has 0 aliphatic rings. The lowest BCUT2D eigenvalue weighted by molar-refractivity contribution is 1.000. The zero-order valence-electron chi connectivity index (χ0n) is 25.6. The molecule has 0 amide bonds. The third-order valence-corrected chi connectivity index (χ3v) is 8.51. The normalized spacial score (nSPS) is 11.3. The van der Waals surface area contributed by atoms with Crippen molar-refractivity contribution in [2.24, 2.45) is 0 Å². The van der Waals surface area contributed by atoms with E-state index >= 15 is 0 Å². The van der Waals surface area contributed by atoms with E-state index in [2.05, 4.69) is 99.9 Å². The van der Waals surface area contributed by atoms with E-state index < -0.39 is 0 Å². The van der Waals surface area contributed by atoms with Gasteiger partial charge >= 0.3 is 0 Å². The maximum Gasteiger partial charge on any atom is 0.201 e. The molecular weight excluding hydrogens is 591 g/mol. The molecule has 224 valence electrons. The standard InChI is InChI=1S/C41H25N7/c1-3-9-31-23-33(20-14-26(31)7-1)37-43-25-44-40(45-37)41-47-38(46-39(48-41)34-21-15-27-8-2-4-10-32(27)24-34)30-18-16-28(17-19-30)35-13-5-11-29-12-6-22-42-36(29)35/h1-25H. The Morgan fingerprint density at radius 3 is 1.56 bits per heavy atom. The van der Waals surface area contributed by atoms with Crippen molar-refractivity contribution in [2.75, 3.05) is 0 Å². The predicted molar refractivity (Wildman–Crippen MR) is 191 cm³/mol. The molecule has 0 bridgehead atoms. The second kappa shape index (κ2) is 11.6. The summed E-state index contributed by atoms with van der Waals surface area (Å²) in [6, 6.07) is 47.4. The highest BCUT2D eigenvalue weighted by Gasteiger charge is 2.16. The van der Waals surface area contributed by atoms with Crippen molar-refractivity contribution < 1.29 is 0 Å². The molecule has 0 fully saturated rings. The Kier molecular flexibility index (Phi) is 6.64. The lowest BCUT2D eigenvalue weighted by atomic mass is 10.0. The average Bonchev–Trinajstić information content (AvgIpc) is 3.17. The molecule has 9 rings (SSSR count). The van der Waals surface area contributed by atoms with Crippen molar-refractivity contribution in [1.29, 1.82) is 0 Å². The van der Waals surface area contributed by atoms with Gasteiger partial charge in [-0.1, -0.05) is 121 Å². The van der Waals surface area contributed by atoms with Crippen LogP contribution in [-0.2, 0) is 0 Å². The average molecular weight is 616 g/mol. The minimum atomic E-state index is 0.370. The van der Waals surface area contributed by atoms with Crippen LogP contribution in [0.5, 0.6) is 0 Å². The molecule has 3 aromatic heterocycles. The van der Waals surface area contributed by atoms with E-state index in [0.29, 0.717) is 29.1 Å². The summed E-state index contributed by atoms with van der Waals surface area (Å²) in [6.07, 6.45) is 3.34. The van der Waals surface area contributed by atoms with Crippen LogP contribution in [0.15, 0.2) is 152 Å². The second-order valence-electron chi connectivity index (χ2n) is 11.5. The smallest absolute Gasteiger partial charge is 0.201 e. The van der Waals surface area contributed by atoms with Crippen LogP contribution in [0.1, 0.15) is 0 Å². The fraction of sp³-hybridized carbons (Fsp3) is 0. The number of rotatable bonds is 5. The molecule has 0 unspecified atom stereocenters. The first-order chi connectivity index (χ1) is 23.7. The number of aromatic nitrogens is 7. The van der Waals surface area contributed by atoms with Crippen LogP contribution in [-0.4, -0.2) is 34.9 Å². The summed E-state index contributed by atoms with van der Waals surface area (Å²) in [5.74, 6) is 2.36. The number of fused-ring (bicyclic) bond motifs is 3. The quantitative estimate of drug-likeness (QED) is 0.191. The van der Waals surface area contributed by atoms with Gasteiger partial charge < -0.3 is 0 Å². The van der Waals surface area contributed by atoms with Gasteiger partial charge in [-0.3, -0.25) is 4.98 Å². The Balaban J connectivity index is 1.16. The monoisotopic (exact) mass is 615 g/mol. The first-order valence-electron chi connectivity index (χ1n) is 15.6. The number of nitrogens with zero attached hydrogens (tertiary/aromatic N) is 7. The first kappa shape index (κ1) is 27.6. The van der Waals surface area contributed by atoms with Crippen LogP contribution in [0.2, 0.25) is 0 Å². The van der Waals surface area contributed by atoms with Crippen molar-refractivity contribution in [2.45, 2.75) is 0 Å². The van der Waals surface area contributed by atoms with E-state index in [0.717, 1.165) is 60.3 Å². The van der Waals surface area contributed by atoms with Crippen LogP contribution >= 0.6 is 0 Å². The highest BCUT2D eigenvalue weighted by molar-refractivity contribution is 5.94. The van der Waals surface area contributed by atoms with E-state index in [4.69, 9.17) is 19.9 Å².